The lowest BCUT2D eigenvalue weighted by Gasteiger charge is -2.34. The van der Waals surface area contributed by atoms with Crippen LogP contribution in [0.3, 0.4) is 0 Å². The van der Waals surface area contributed by atoms with E-state index in [0.29, 0.717) is 19.4 Å². The molecule has 0 atom stereocenters. The Morgan fingerprint density at radius 3 is 2.48 bits per heavy atom. The SMILES string of the molecule is NC(=NO)C1(C(=O)NCc2ccc(F)cc2)CCCCC1. The summed E-state index contributed by atoms with van der Waals surface area (Å²) >= 11 is 0. The average Bonchev–Trinajstić information content (AvgIpc) is 2.53. The van der Waals surface area contributed by atoms with Crippen molar-refractivity contribution in [1.29, 1.82) is 0 Å². The van der Waals surface area contributed by atoms with Crippen LogP contribution in [0.25, 0.3) is 0 Å². The Balaban J connectivity index is 2.07. The van der Waals surface area contributed by atoms with E-state index in [1.54, 1.807) is 12.1 Å². The number of carbonyl (C=O) groups excluding carboxylic acids is 1. The summed E-state index contributed by atoms with van der Waals surface area (Å²) in [6.07, 6.45) is 3.96. The van der Waals surface area contributed by atoms with E-state index < -0.39 is 5.41 Å². The van der Waals surface area contributed by atoms with E-state index in [1.807, 2.05) is 0 Å². The third kappa shape index (κ3) is 3.32. The normalized spacial score (nSPS) is 18.2. The molecule has 0 radical (unpaired) electrons. The van der Waals surface area contributed by atoms with Crippen LogP contribution in [-0.4, -0.2) is 17.0 Å². The molecule has 0 unspecified atom stereocenters. The highest BCUT2D eigenvalue weighted by Gasteiger charge is 2.43. The number of nitrogens with two attached hydrogens (primary N) is 1. The number of carbonyl (C=O) groups is 1. The second kappa shape index (κ2) is 6.56. The minimum Gasteiger partial charge on any atom is -0.409 e. The van der Waals surface area contributed by atoms with Crippen LogP contribution in [0.15, 0.2) is 29.4 Å². The van der Waals surface area contributed by atoms with Crippen molar-refractivity contribution in [2.75, 3.05) is 0 Å². The summed E-state index contributed by atoms with van der Waals surface area (Å²) in [7, 11) is 0. The lowest BCUT2D eigenvalue weighted by atomic mass is 9.72. The van der Waals surface area contributed by atoms with Crippen LogP contribution in [0, 0.1) is 11.2 Å². The fraction of sp³-hybridized carbons (Fsp3) is 0.467. The Morgan fingerprint density at radius 2 is 1.90 bits per heavy atom. The van der Waals surface area contributed by atoms with Crippen LogP contribution in [0.4, 0.5) is 4.39 Å². The number of nitrogens with one attached hydrogen (secondary N) is 1. The first-order chi connectivity index (χ1) is 10.1. The standard InChI is InChI=1S/C15H20FN3O2/c16-12-6-4-11(5-7-12)10-18-14(20)15(13(17)19-21)8-2-1-3-9-15/h4-7,21H,1-3,8-10H2,(H2,17,19)(H,18,20). The summed E-state index contributed by atoms with van der Waals surface area (Å²) in [5, 5.41) is 14.8. The number of hydrogen-bond acceptors (Lipinski definition) is 3. The van der Waals surface area contributed by atoms with Gasteiger partial charge in [0.15, 0.2) is 5.84 Å². The van der Waals surface area contributed by atoms with E-state index in [9.17, 15) is 9.18 Å². The predicted octanol–water partition coefficient (Wildman–Crippen LogP) is 2.14. The zero-order valence-corrected chi connectivity index (χ0v) is 11.8. The monoisotopic (exact) mass is 293 g/mol. The van der Waals surface area contributed by atoms with Gasteiger partial charge in [-0.05, 0) is 30.5 Å². The van der Waals surface area contributed by atoms with Crippen LogP contribution in [-0.2, 0) is 11.3 Å². The molecule has 0 aliphatic heterocycles. The summed E-state index contributed by atoms with van der Waals surface area (Å²) in [6.45, 7) is 0.291. The van der Waals surface area contributed by atoms with E-state index in [-0.39, 0.29) is 17.6 Å². The van der Waals surface area contributed by atoms with Gasteiger partial charge >= 0.3 is 0 Å². The minimum atomic E-state index is -0.924. The molecule has 6 heteroatoms. The van der Waals surface area contributed by atoms with Gasteiger partial charge in [0.05, 0.1) is 0 Å². The van der Waals surface area contributed by atoms with Crippen molar-refractivity contribution in [3.8, 4) is 0 Å². The van der Waals surface area contributed by atoms with Gasteiger partial charge in [-0.25, -0.2) is 4.39 Å². The topological polar surface area (TPSA) is 87.7 Å². The van der Waals surface area contributed by atoms with Gasteiger partial charge in [-0.2, -0.15) is 0 Å². The second-order valence-corrected chi connectivity index (χ2v) is 5.44. The van der Waals surface area contributed by atoms with Gasteiger partial charge in [0.1, 0.15) is 11.2 Å². The van der Waals surface area contributed by atoms with Gasteiger partial charge in [-0.1, -0.05) is 36.6 Å². The van der Waals surface area contributed by atoms with Crippen LogP contribution in [0.1, 0.15) is 37.7 Å². The molecule has 0 spiro atoms. The molecule has 4 N–H and O–H groups in total. The first kappa shape index (κ1) is 15.3. The molecule has 5 nitrogen and oxygen atoms in total. The van der Waals surface area contributed by atoms with Gasteiger partial charge in [0.25, 0.3) is 0 Å². The molecular weight excluding hydrogens is 273 g/mol. The Hall–Kier alpha value is -2.11. The summed E-state index contributed by atoms with van der Waals surface area (Å²) in [5.74, 6) is -0.578. The Labute approximate surface area is 123 Å². The van der Waals surface area contributed by atoms with Crippen molar-refractivity contribution in [3.05, 3.63) is 35.6 Å². The predicted molar refractivity (Wildman–Crippen MR) is 77.2 cm³/mol. The molecule has 1 aromatic carbocycles. The largest absolute Gasteiger partial charge is 0.409 e. The van der Waals surface area contributed by atoms with Gasteiger partial charge in [0, 0.05) is 6.54 Å². The highest BCUT2D eigenvalue weighted by molar-refractivity contribution is 6.06. The fourth-order valence-electron chi connectivity index (χ4n) is 2.80. The fourth-order valence-corrected chi connectivity index (χ4v) is 2.80. The lowest BCUT2D eigenvalue weighted by molar-refractivity contribution is -0.129. The van der Waals surface area contributed by atoms with E-state index in [2.05, 4.69) is 10.5 Å². The third-order valence-electron chi connectivity index (χ3n) is 4.11. The third-order valence-corrected chi connectivity index (χ3v) is 4.11. The molecule has 0 heterocycles. The van der Waals surface area contributed by atoms with Gasteiger partial charge in [-0.3, -0.25) is 4.79 Å². The number of oxime groups is 1. The summed E-state index contributed by atoms with van der Waals surface area (Å²) in [6, 6.07) is 5.93. The molecule has 1 aliphatic carbocycles. The molecule has 1 aromatic rings. The molecule has 1 amide bonds. The first-order valence-corrected chi connectivity index (χ1v) is 7.09. The number of rotatable bonds is 4. The number of amides is 1. The molecule has 114 valence electrons. The maximum Gasteiger partial charge on any atom is 0.234 e. The van der Waals surface area contributed by atoms with Gasteiger partial charge < -0.3 is 16.3 Å². The highest BCUT2D eigenvalue weighted by atomic mass is 19.1. The molecule has 1 fully saturated rings. The molecule has 1 saturated carbocycles. The van der Waals surface area contributed by atoms with Crippen molar-refractivity contribution < 1.29 is 14.4 Å². The van der Waals surface area contributed by atoms with Crippen LogP contribution >= 0.6 is 0 Å². The quantitative estimate of drug-likeness (QED) is 0.344. The number of hydrogen-bond donors (Lipinski definition) is 3. The number of nitrogens with zero attached hydrogens (tertiary/aromatic N) is 1. The summed E-state index contributed by atoms with van der Waals surface area (Å²) in [4.78, 5) is 12.5. The van der Waals surface area contributed by atoms with Crippen molar-refractivity contribution >= 4 is 11.7 Å². The first-order valence-electron chi connectivity index (χ1n) is 7.09. The smallest absolute Gasteiger partial charge is 0.234 e. The lowest BCUT2D eigenvalue weighted by Crippen LogP contribution is -2.50. The van der Waals surface area contributed by atoms with Crippen LogP contribution < -0.4 is 11.1 Å². The Morgan fingerprint density at radius 1 is 1.29 bits per heavy atom. The maximum atomic E-state index is 12.8. The molecule has 2 rings (SSSR count). The number of benzene rings is 1. The number of halogens is 1. The molecule has 0 bridgehead atoms. The van der Waals surface area contributed by atoms with Gasteiger partial charge in [0.2, 0.25) is 5.91 Å². The van der Waals surface area contributed by atoms with E-state index in [1.165, 1.54) is 12.1 Å². The van der Waals surface area contributed by atoms with E-state index in [4.69, 9.17) is 10.9 Å². The average molecular weight is 293 g/mol. The summed E-state index contributed by atoms with van der Waals surface area (Å²) < 4.78 is 12.8. The summed E-state index contributed by atoms with van der Waals surface area (Å²) in [5.41, 5.74) is 5.64. The maximum absolute atomic E-state index is 12.8. The van der Waals surface area contributed by atoms with Crippen molar-refractivity contribution in [2.45, 2.75) is 38.6 Å². The van der Waals surface area contributed by atoms with Crippen molar-refractivity contribution in [2.24, 2.45) is 16.3 Å². The molecular formula is C15H20FN3O2. The highest BCUT2D eigenvalue weighted by Crippen LogP contribution is 2.36. The van der Waals surface area contributed by atoms with E-state index >= 15 is 0 Å². The molecule has 21 heavy (non-hydrogen) atoms. The zero-order chi connectivity index (χ0) is 15.3. The van der Waals surface area contributed by atoms with Crippen molar-refractivity contribution in [3.63, 3.8) is 0 Å². The second-order valence-electron chi connectivity index (χ2n) is 5.44. The Kier molecular flexibility index (Phi) is 4.77. The minimum absolute atomic E-state index is 0.0289. The zero-order valence-electron chi connectivity index (χ0n) is 11.8. The number of amidine groups is 1. The molecule has 1 aliphatic rings. The molecule has 0 aromatic heterocycles. The van der Waals surface area contributed by atoms with Crippen molar-refractivity contribution in [1.82, 2.24) is 5.32 Å². The van der Waals surface area contributed by atoms with Crippen LogP contribution in [0.5, 0.6) is 0 Å². The van der Waals surface area contributed by atoms with Crippen LogP contribution in [0.2, 0.25) is 0 Å². The van der Waals surface area contributed by atoms with Gasteiger partial charge in [-0.15, -0.1) is 0 Å². The molecule has 0 saturated heterocycles. The Bertz CT molecular complexity index is 522. The van der Waals surface area contributed by atoms with E-state index in [0.717, 1.165) is 24.8 Å².